The Kier molecular flexibility index (Phi) is 9.29. The van der Waals surface area contributed by atoms with E-state index in [1.807, 2.05) is 18.2 Å². The van der Waals surface area contributed by atoms with Crippen molar-refractivity contribution in [3.05, 3.63) is 76.1 Å². The molecule has 2 aromatic carbocycles. The smallest absolute Gasteiger partial charge is 0.254 e. The van der Waals surface area contributed by atoms with Gasteiger partial charge in [-0.05, 0) is 54.4 Å². The highest BCUT2D eigenvalue weighted by molar-refractivity contribution is 9.10. The summed E-state index contributed by atoms with van der Waals surface area (Å²) in [5.74, 6) is -0.0108. The minimum Gasteiger partial charge on any atom is -0.493 e. The number of aromatic nitrogens is 1. The number of rotatable bonds is 10. The van der Waals surface area contributed by atoms with E-state index in [0.717, 1.165) is 17.3 Å². The van der Waals surface area contributed by atoms with Crippen LogP contribution in [-0.4, -0.2) is 43.3 Å². The minimum atomic E-state index is -0.542. The third-order valence-corrected chi connectivity index (χ3v) is 6.21. The van der Waals surface area contributed by atoms with Crippen molar-refractivity contribution in [3.8, 4) is 11.5 Å². The number of amides is 2. The number of anilines is 1. The van der Waals surface area contributed by atoms with Crippen LogP contribution >= 0.6 is 27.7 Å². The number of hydrogen-bond donors (Lipinski definition) is 2. The quantitative estimate of drug-likeness (QED) is 0.357. The molecule has 2 N–H and O–H groups in total. The monoisotopic (exact) mass is 547 g/mol. The Hall–Kier alpha value is -3.11. The number of carbonyl (C=O) groups excluding carboxylic acids is 2. The molecule has 0 saturated carbocycles. The number of thioether (sulfide) groups is 1. The van der Waals surface area contributed by atoms with E-state index in [0.29, 0.717) is 39.5 Å². The fourth-order valence-corrected chi connectivity index (χ4v) is 4.17. The van der Waals surface area contributed by atoms with E-state index in [4.69, 9.17) is 9.47 Å². The average molecular weight is 548 g/mol. The van der Waals surface area contributed by atoms with Crippen LogP contribution in [-0.2, 0) is 11.2 Å². The molecule has 1 aromatic heterocycles. The molecule has 1 heterocycles. The first kappa shape index (κ1) is 25.5. The molecule has 0 radical (unpaired) electrons. The molecule has 0 aliphatic heterocycles. The lowest BCUT2D eigenvalue weighted by Crippen LogP contribution is -2.26. The van der Waals surface area contributed by atoms with Crippen LogP contribution < -0.4 is 20.1 Å². The number of methoxy groups -OCH3 is 2. The van der Waals surface area contributed by atoms with E-state index < -0.39 is 11.7 Å². The molecule has 0 spiro atoms. The first-order valence-electron chi connectivity index (χ1n) is 10.2. The third kappa shape index (κ3) is 6.94. The normalized spacial score (nSPS) is 10.5. The Labute approximate surface area is 209 Å². The van der Waals surface area contributed by atoms with Gasteiger partial charge in [0.15, 0.2) is 11.5 Å². The summed E-state index contributed by atoms with van der Waals surface area (Å²) in [6.45, 7) is 0.399. The molecule has 0 fully saturated rings. The molecule has 0 aliphatic carbocycles. The van der Waals surface area contributed by atoms with Gasteiger partial charge in [0.2, 0.25) is 5.91 Å². The van der Waals surface area contributed by atoms with Gasteiger partial charge in [-0.2, -0.15) is 0 Å². The zero-order chi connectivity index (χ0) is 24.5. The summed E-state index contributed by atoms with van der Waals surface area (Å²) in [6.07, 6.45) is 2.14. The molecule has 7 nitrogen and oxygen atoms in total. The molecule has 0 atom stereocenters. The molecule has 178 valence electrons. The maximum atomic E-state index is 13.9. The molecular weight excluding hydrogens is 525 g/mol. The fourth-order valence-electron chi connectivity index (χ4n) is 3.04. The van der Waals surface area contributed by atoms with Crippen molar-refractivity contribution in [2.45, 2.75) is 11.4 Å². The van der Waals surface area contributed by atoms with Gasteiger partial charge >= 0.3 is 0 Å². The van der Waals surface area contributed by atoms with Crippen LogP contribution in [0.3, 0.4) is 0 Å². The molecule has 0 saturated heterocycles. The van der Waals surface area contributed by atoms with Gasteiger partial charge in [-0.25, -0.2) is 9.37 Å². The number of halogens is 2. The molecular formula is C24H23BrFN3O4S. The first-order chi connectivity index (χ1) is 16.4. The highest BCUT2D eigenvalue weighted by Crippen LogP contribution is 2.27. The summed E-state index contributed by atoms with van der Waals surface area (Å²) in [5, 5.41) is 5.81. The van der Waals surface area contributed by atoms with E-state index in [1.54, 1.807) is 38.6 Å². The predicted molar refractivity (Wildman–Crippen MR) is 133 cm³/mol. The second kappa shape index (κ2) is 12.4. The maximum absolute atomic E-state index is 13.9. The van der Waals surface area contributed by atoms with E-state index in [2.05, 4.69) is 31.5 Å². The molecule has 2 amide bonds. The summed E-state index contributed by atoms with van der Waals surface area (Å²) in [6, 6.07) is 13.3. The average Bonchev–Trinajstić information content (AvgIpc) is 2.84. The Balaban J connectivity index is 1.55. The van der Waals surface area contributed by atoms with Crippen LogP contribution in [0.25, 0.3) is 0 Å². The van der Waals surface area contributed by atoms with Crippen LogP contribution in [0.1, 0.15) is 15.9 Å². The second-order valence-electron chi connectivity index (χ2n) is 7.01. The van der Waals surface area contributed by atoms with Crippen LogP contribution in [0.4, 0.5) is 10.1 Å². The van der Waals surface area contributed by atoms with Gasteiger partial charge in [0.25, 0.3) is 5.91 Å². The molecule has 34 heavy (non-hydrogen) atoms. The molecule has 3 aromatic rings. The Morgan fingerprint density at radius 2 is 1.88 bits per heavy atom. The largest absolute Gasteiger partial charge is 0.493 e. The lowest BCUT2D eigenvalue weighted by molar-refractivity contribution is -0.113. The lowest BCUT2D eigenvalue weighted by atomic mass is 10.1. The highest BCUT2D eigenvalue weighted by atomic mass is 79.9. The summed E-state index contributed by atoms with van der Waals surface area (Å²) in [4.78, 5) is 29.2. The van der Waals surface area contributed by atoms with Crippen LogP contribution in [0, 0.1) is 5.82 Å². The Bertz CT molecular complexity index is 1180. The number of nitrogens with one attached hydrogen (secondary N) is 2. The van der Waals surface area contributed by atoms with Crippen LogP contribution in [0.15, 0.2) is 64.2 Å². The van der Waals surface area contributed by atoms with Gasteiger partial charge in [0, 0.05) is 17.2 Å². The van der Waals surface area contributed by atoms with E-state index in [1.165, 1.54) is 12.1 Å². The standard InChI is InChI=1S/C24H23BrFN3O4S/c1-32-20-8-5-15(12-21(20)33-2)9-11-27-23(31)17-4-3-10-28-24(17)34-14-22(30)29-19-7-6-16(25)13-18(19)26/h3-8,10,12-13H,9,11,14H2,1-2H3,(H,27,31)(H,29,30). The molecule has 0 unspecified atom stereocenters. The zero-order valence-electron chi connectivity index (χ0n) is 18.6. The van der Waals surface area contributed by atoms with Crippen LogP contribution in [0.2, 0.25) is 0 Å². The SMILES string of the molecule is COc1ccc(CCNC(=O)c2cccnc2SCC(=O)Nc2ccc(Br)cc2F)cc1OC. The first-order valence-corrected chi connectivity index (χ1v) is 12.0. The number of carbonyl (C=O) groups is 2. The highest BCUT2D eigenvalue weighted by Gasteiger charge is 2.15. The van der Waals surface area contributed by atoms with Gasteiger partial charge in [-0.3, -0.25) is 9.59 Å². The summed E-state index contributed by atoms with van der Waals surface area (Å²) in [5.41, 5.74) is 1.43. The van der Waals surface area contributed by atoms with Crippen molar-refractivity contribution in [3.63, 3.8) is 0 Å². The topological polar surface area (TPSA) is 89.5 Å². The van der Waals surface area contributed by atoms with E-state index in [9.17, 15) is 14.0 Å². The van der Waals surface area contributed by atoms with Gasteiger partial charge in [0.1, 0.15) is 10.8 Å². The maximum Gasteiger partial charge on any atom is 0.254 e. The Morgan fingerprint density at radius 3 is 2.62 bits per heavy atom. The van der Waals surface area contributed by atoms with Gasteiger partial charge in [-0.15, -0.1) is 0 Å². The number of nitrogens with zero attached hydrogens (tertiary/aromatic N) is 1. The number of benzene rings is 2. The summed E-state index contributed by atoms with van der Waals surface area (Å²) >= 11 is 4.28. The van der Waals surface area contributed by atoms with E-state index >= 15 is 0 Å². The number of hydrogen-bond acceptors (Lipinski definition) is 6. The number of pyridine rings is 1. The fraction of sp³-hybridized carbons (Fsp3) is 0.208. The van der Waals surface area contributed by atoms with Crippen molar-refractivity contribution in [2.75, 3.05) is 31.8 Å². The lowest BCUT2D eigenvalue weighted by Gasteiger charge is -2.11. The predicted octanol–water partition coefficient (Wildman–Crippen LogP) is 4.70. The zero-order valence-corrected chi connectivity index (χ0v) is 21.0. The molecule has 0 bridgehead atoms. The van der Waals surface area contributed by atoms with Gasteiger partial charge < -0.3 is 20.1 Å². The van der Waals surface area contributed by atoms with E-state index in [-0.39, 0.29) is 17.3 Å². The van der Waals surface area contributed by atoms with Crippen molar-refractivity contribution < 1.29 is 23.5 Å². The molecule has 0 aliphatic rings. The Morgan fingerprint density at radius 1 is 1.09 bits per heavy atom. The minimum absolute atomic E-state index is 0.0293. The second-order valence-corrected chi connectivity index (χ2v) is 8.89. The van der Waals surface area contributed by atoms with Crippen molar-refractivity contribution >= 4 is 45.2 Å². The van der Waals surface area contributed by atoms with Crippen molar-refractivity contribution in [2.24, 2.45) is 0 Å². The van der Waals surface area contributed by atoms with Crippen molar-refractivity contribution in [1.29, 1.82) is 0 Å². The third-order valence-electron chi connectivity index (χ3n) is 4.71. The summed E-state index contributed by atoms with van der Waals surface area (Å²) < 4.78 is 25.1. The van der Waals surface area contributed by atoms with Gasteiger partial charge in [-0.1, -0.05) is 33.8 Å². The van der Waals surface area contributed by atoms with Crippen molar-refractivity contribution in [1.82, 2.24) is 10.3 Å². The molecule has 3 rings (SSSR count). The van der Waals surface area contributed by atoms with Gasteiger partial charge in [0.05, 0.1) is 31.2 Å². The summed E-state index contributed by atoms with van der Waals surface area (Å²) in [7, 11) is 3.14. The molecule has 10 heteroatoms. The van der Waals surface area contributed by atoms with Crippen LogP contribution in [0.5, 0.6) is 11.5 Å². The number of ether oxygens (including phenoxy) is 2.